The highest BCUT2D eigenvalue weighted by Gasteiger charge is 2.38. The summed E-state index contributed by atoms with van der Waals surface area (Å²) in [6, 6.07) is 9.48. The van der Waals surface area contributed by atoms with Crippen LogP contribution in [0.4, 0.5) is 26.3 Å². The Kier molecular flexibility index (Phi) is 6.24. The molecule has 170 valence electrons. The van der Waals surface area contributed by atoms with E-state index >= 15 is 0 Å². The highest BCUT2D eigenvalue weighted by Crippen LogP contribution is 2.40. The summed E-state index contributed by atoms with van der Waals surface area (Å²) >= 11 is 0. The molecule has 1 fully saturated rings. The second kappa shape index (κ2) is 8.80. The molecular weight excluding hydrogens is 426 g/mol. The van der Waals surface area contributed by atoms with Gasteiger partial charge in [0.2, 0.25) is 0 Å². The zero-order chi connectivity index (χ0) is 23.0. The van der Waals surface area contributed by atoms with Crippen LogP contribution in [-0.4, -0.2) is 0 Å². The number of hydrogen-bond donors (Lipinski definition) is 0. The van der Waals surface area contributed by atoms with E-state index in [1.54, 1.807) is 6.07 Å². The molecule has 0 aliphatic heterocycles. The summed E-state index contributed by atoms with van der Waals surface area (Å²) in [6.07, 6.45) is 1.61. The van der Waals surface area contributed by atoms with E-state index in [2.05, 4.69) is 6.92 Å². The van der Waals surface area contributed by atoms with Crippen LogP contribution in [0.3, 0.4) is 0 Å². The number of benzene rings is 3. The third-order valence-corrected chi connectivity index (χ3v) is 6.63. The lowest BCUT2D eigenvalue weighted by Crippen LogP contribution is -2.13. The van der Waals surface area contributed by atoms with Crippen molar-refractivity contribution in [2.75, 3.05) is 0 Å². The molecule has 32 heavy (non-hydrogen) atoms. The van der Waals surface area contributed by atoms with Crippen molar-refractivity contribution in [3.8, 4) is 11.1 Å². The van der Waals surface area contributed by atoms with Crippen molar-refractivity contribution in [3.63, 3.8) is 0 Å². The molecule has 1 aliphatic carbocycles. The lowest BCUT2D eigenvalue weighted by Gasteiger charge is -2.28. The van der Waals surface area contributed by atoms with Crippen LogP contribution >= 0.6 is 0 Å². The average Bonchev–Trinajstić information content (AvgIpc) is 2.73. The van der Waals surface area contributed by atoms with E-state index in [-0.39, 0.29) is 16.3 Å². The van der Waals surface area contributed by atoms with Crippen molar-refractivity contribution in [3.05, 3.63) is 71.0 Å². The smallest absolute Gasteiger partial charge is 0.206 e. The van der Waals surface area contributed by atoms with Crippen LogP contribution in [0.2, 0.25) is 0 Å². The molecule has 0 saturated heterocycles. The molecule has 1 saturated carbocycles. The lowest BCUT2D eigenvalue weighted by molar-refractivity contribution is -0.142. The van der Waals surface area contributed by atoms with Gasteiger partial charge in [0.15, 0.2) is 0 Å². The maximum Gasteiger partial charge on any atom is 0.422 e. The fourth-order valence-corrected chi connectivity index (χ4v) is 4.97. The van der Waals surface area contributed by atoms with Crippen LogP contribution in [0.5, 0.6) is 0 Å². The molecule has 0 spiro atoms. The van der Waals surface area contributed by atoms with Crippen LogP contribution in [-0.2, 0) is 6.18 Å². The summed E-state index contributed by atoms with van der Waals surface area (Å²) in [5, 5.41) is -0.411. The van der Waals surface area contributed by atoms with Crippen molar-refractivity contribution >= 4 is 10.8 Å². The van der Waals surface area contributed by atoms with E-state index in [4.69, 9.17) is 0 Å². The van der Waals surface area contributed by atoms with Crippen LogP contribution in [0.15, 0.2) is 42.5 Å². The summed E-state index contributed by atoms with van der Waals surface area (Å²) in [4.78, 5) is 0. The normalized spacial score (nSPS) is 19.5. The first kappa shape index (κ1) is 22.7. The molecule has 0 nitrogen and oxygen atoms in total. The molecule has 0 heterocycles. The van der Waals surface area contributed by atoms with Crippen molar-refractivity contribution in [2.45, 2.75) is 57.5 Å². The first-order chi connectivity index (χ1) is 15.2. The minimum atomic E-state index is -5.14. The monoisotopic (exact) mass is 450 g/mol. The fourth-order valence-electron chi connectivity index (χ4n) is 4.97. The molecular formula is C26H24F6. The molecule has 0 atom stereocenters. The summed E-state index contributed by atoms with van der Waals surface area (Å²) in [6.45, 7) is 2.19. The number of rotatable bonds is 4. The topological polar surface area (TPSA) is 0 Å². The Hall–Kier alpha value is -2.50. The van der Waals surface area contributed by atoms with E-state index < -0.39 is 29.2 Å². The average molecular weight is 450 g/mol. The van der Waals surface area contributed by atoms with Crippen LogP contribution in [0.1, 0.15) is 62.5 Å². The Labute approximate surface area is 183 Å². The van der Waals surface area contributed by atoms with Crippen molar-refractivity contribution in [2.24, 2.45) is 5.92 Å². The van der Waals surface area contributed by atoms with E-state index in [0.717, 1.165) is 43.2 Å². The third-order valence-electron chi connectivity index (χ3n) is 6.63. The molecule has 0 amide bonds. The highest BCUT2D eigenvalue weighted by atomic mass is 19.4. The Bertz CT molecular complexity index is 1120. The largest absolute Gasteiger partial charge is 0.422 e. The van der Waals surface area contributed by atoms with Gasteiger partial charge >= 0.3 is 6.18 Å². The van der Waals surface area contributed by atoms with Gasteiger partial charge in [-0.25, -0.2) is 13.2 Å². The van der Waals surface area contributed by atoms with Crippen LogP contribution in [0, 0.1) is 23.4 Å². The van der Waals surface area contributed by atoms with Crippen molar-refractivity contribution in [1.82, 2.24) is 0 Å². The number of hydrogen-bond acceptors (Lipinski definition) is 0. The minimum absolute atomic E-state index is 0.0526. The second-order valence-corrected chi connectivity index (χ2v) is 8.73. The molecule has 0 unspecified atom stereocenters. The van der Waals surface area contributed by atoms with E-state index in [1.165, 1.54) is 31.0 Å². The standard InChI is InChI=1S/C26H24F6/c1-2-3-15-4-6-16(7-5-15)17-8-10-20(22(27)13-17)18-9-11-21-19(12-18)14-23(28)24(25(21)29)26(30,31)32/h8-16H,2-7H2,1H3. The van der Waals surface area contributed by atoms with Gasteiger partial charge in [0.25, 0.3) is 0 Å². The van der Waals surface area contributed by atoms with Gasteiger partial charge in [0, 0.05) is 10.9 Å². The maximum absolute atomic E-state index is 15.0. The third kappa shape index (κ3) is 4.37. The molecule has 3 aromatic rings. The molecule has 1 aliphatic rings. The molecule has 3 aromatic carbocycles. The maximum atomic E-state index is 15.0. The Morgan fingerprint density at radius 1 is 0.844 bits per heavy atom. The summed E-state index contributed by atoms with van der Waals surface area (Å²) in [5.41, 5.74) is -0.376. The summed E-state index contributed by atoms with van der Waals surface area (Å²) in [5.74, 6) is -2.74. The number of fused-ring (bicyclic) bond motifs is 1. The first-order valence-electron chi connectivity index (χ1n) is 11.0. The molecule has 6 heteroatoms. The van der Waals surface area contributed by atoms with Gasteiger partial charge in [0.1, 0.15) is 23.0 Å². The number of alkyl halides is 3. The van der Waals surface area contributed by atoms with Crippen LogP contribution < -0.4 is 0 Å². The van der Waals surface area contributed by atoms with Crippen molar-refractivity contribution < 1.29 is 26.3 Å². The van der Waals surface area contributed by atoms with Gasteiger partial charge in [-0.3, -0.25) is 0 Å². The molecule has 0 bridgehead atoms. The summed E-state index contributed by atoms with van der Waals surface area (Å²) in [7, 11) is 0. The molecule has 0 radical (unpaired) electrons. The van der Waals surface area contributed by atoms with Gasteiger partial charge < -0.3 is 0 Å². The number of halogens is 6. The first-order valence-corrected chi connectivity index (χ1v) is 11.0. The van der Waals surface area contributed by atoms with Gasteiger partial charge in [-0.05, 0) is 72.2 Å². The van der Waals surface area contributed by atoms with E-state index in [1.807, 2.05) is 6.07 Å². The van der Waals surface area contributed by atoms with E-state index in [9.17, 15) is 26.3 Å². The lowest BCUT2D eigenvalue weighted by atomic mass is 9.77. The predicted octanol–water partition coefficient (Wildman–Crippen LogP) is 9.02. The minimum Gasteiger partial charge on any atom is -0.206 e. The highest BCUT2D eigenvalue weighted by molar-refractivity contribution is 5.88. The Morgan fingerprint density at radius 3 is 2.19 bits per heavy atom. The molecule has 0 aromatic heterocycles. The predicted molar refractivity (Wildman–Crippen MR) is 114 cm³/mol. The molecule has 4 rings (SSSR count). The van der Waals surface area contributed by atoms with E-state index in [0.29, 0.717) is 17.5 Å². The Balaban J connectivity index is 1.63. The van der Waals surface area contributed by atoms with Crippen molar-refractivity contribution in [1.29, 1.82) is 0 Å². The quantitative estimate of drug-likeness (QED) is 0.348. The zero-order valence-corrected chi connectivity index (χ0v) is 17.7. The fraction of sp³-hybridized carbons (Fsp3) is 0.385. The van der Waals surface area contributed by atoms with Crippen LogP contribution in [0.25, 0.3) is 21.9 Å². The summed E-state index contributed by atoms with van der Waals surface area (Å²) < 4.78 is 82.2. The molecule has 0 N–H and O–H groups in total. The SMILES string of the molecule is CCCC1CCC(c2ccc(-c3ccc4c(F)c(C(F)(F)F)c(F)cc4c3)c(F)c2)CC1. The van der Waals surface area contributed by atoms with Gasteiger partial charge in [-0.15, -0.1) is 0 Å². The second-order valence-electron chi connectivity index (χ2n) is 8.73. The zero-order valence-electron chi connectivity index (χ0n) is 17.7. The van der Waals surface area contributed by atoms with Gasteiger partial charge in [-0.2, -0.15) is 13.2 Å². The Morgan fingerprint density at radius 2 is 1.56 bits per heavy atom. The van der Waals surface area contributed by atoms with Gasteiger partial charge in [-0.1, -0.05) is 44.0 Å². The van der Waals surface area contributed by atoms with Gasteiger partial charge in [0.05, 0.1) is 0 Å².